The maximum atomic E-state index is 11.1. The molecular weight excluding hydrogens is 224 g/mol. The van der Waals surface area contributed by atoms with E-state index in [1.165, 1.54) is 7.11 Å². The lowest BCUT2D eigenvalue weighted by Gasteiger charge is -2.20. The Labute approximate surface area is 100.0 Å². The maximum Gasteiger partial charge on any atom is 0.325 e. The van der Waals surface area contributed by atoms with Crippen LogP contribution >= 0.6 is 12.2 Å². The molecule has 0 aromatic heterocycles. The van der Waals surface area contributed by atoms with Crippen LogP contribution in [0.1, 0.15) is 5.56 Å². The van der Waals surface area contributed by atoms with E-state index in [0.29, 0.717) is 4.99 Å². The van der Waals surface area contributed by atoms with E-state index in [1.807, 2.05) is 24.3 Å². The molecule has 0 aliphatic heterocycles. The summed E-state index contributed by atoms with van der Waals surface area (Å²) in [7, 11) is 3.14. The number of nitrogens with zero attached hydrogens (tertiary/aromatic N) is 1. The fraction of sp³-hybridized carbons (Fsp3) is 0.273. The fourth-order valence-electron chi connectivity index (χ4n) is 1.36. The number of esters is 1. The molecule has 0 heterocycles. The van der Waals surface area contributed by atoms with Crippen molar-refractivity contribution in [1.29, 1.82) is 0 Å². The summed E-state index contributed by atoms with van der Waals surface area (Å²) >= 11 is 4.95. The third-order valence-electron chi connectivity index (χ3n) is 2.17. The van der Waals surface area contributed by atoms with Crippen LogP contribution in [0.15, 0.2) is 24.3 Å². The average Bonchev–Trinajstić information content (AvgIpc) is 2.28. The first-order valence-electron chi connectivity index (χ1n) is 4.73. The number of para-hydroxylation sites is 1. The van der Waals surface area contributed by atoms with E-state index >= 15 is 0 Å². The molecule has 0 amide bonds. The van der Waals surface area contributed by atoms with Crippen molar-refractivity contribution in [3.05, 3.63) is 29.8 Å². The number of carbonyl (C=O) groups is 1. The molecule has 0 saturated heterocycles. The highest BCUT2D eigenvalue weighted by molar-refractivity contribution is 7.80. The van der Waals surface area contributed by atoms with Gasteiger partial charge in [-0.2, -0.15) is 0 Å². The number of rotatable bonds is 4. The minimum Gasteiger partial charge on any atom is -0.468 e. The zero-order valence-electron chi connectivity index (χ0n) is 9.27. The Morgan fingerprint density at radius 2 is 2.12 bits per heavy atom. The number of anilines is 1. The molecule has 0 spiro atoms. The molecule has 1 aromatic carbocycles. The molecule has 0 aliphatic carbocycles. The minimum atomic E-state index is -0.305. The standard InChI is InChI=1S/C11H14N2O2S/c1-13(7-10(14)15-2)9-6-4-3-5-8(9)11(12)16/h3-6H,7H2,1-2H3,(H2,12,16). The van der Waals surface area contributed by atoms with Crippen molar-refractivity contribution in [3.63, 3.8) is 0 Å². The summed E-state index contributed by atoms with van der Waals surface area (Å²) in [5, 5.41) is 0. The van der Waals surface area contributed by atoms with Gasteiger partial charge in [-0.15, -0.1) is 0 Å². The number of methoxy groups -OCH3 is 1. The Kier molecular flexibility index (Phi) is 4.25. The van der Waals surface area contributed by atoms with Gasteiger partial charge < -0.3 is 15.4 Å². The predicted octanol–water partition coefficient (Wildman–Crippen LogP) is 0.930. The van der Waals surface area contributed by atoms with Gasteiger partial charge in [0.05, 0.1) is 7.11 Å². The van der Waals surface area contributed by atoms with Crippen LogP contribution in [0.5, 0.6) is 0 Å². The highest BCUT2D eigenvalue weighted by Gasteiger charge is 2.11. The summed E-state index contributed by atoms with van der Waals surface area (Å²) in [6, 6.07) is 7.40. The van der Waals surface area contributed by atoms with E-state index in [2.05, 4.69) is 4.74 Å². The van der Waals surface area contributed by atoms with Crippen LogP contribution in [-0.4, -0.2) is 31.7 Å². The molecule has 1 aromatic rings. The van der Waals surface area contributed by atoms with Gasteiger partial charge in [0.25, 0.3) is 0 Å². The van der Waals surface area contributed by atoms with Crippen molar-refractivity contribution in [2.24, 2.45) is 5.73 Å². The molecule has 86 valence electrons. The van der Waals surface area contributed by atoms with Crippen LogP contribution < -0.4 is 10.6 Å². The van der Waals surface area contributed by atoms with E-state index in [0.717, 1.165) is 11.3 Å². The SMILES string of the molecule is COC(=O)CN(C)c1ccccc1C(N)=S. The fourth-order valence-corrected chi connectivity index (χ4v) is 1.53. The minimum absolute atomic E-state index is 0.163. The highest BCUT2D eigenvalue weighted by Crippen LogP contribution is 2.18. The number of likely N-dealkylation sites (N-methyl/N-ethyl adjacent to an activating group) is 1. The quantitative estimate of drug-likeness (QED) is 0.624. The molecule has 1 rings (SSSR count). The lowest BCUT2D eigenvalue weighted by Crippen LogP contribution is -2.28. The molecule has 0 unspecified atom stereocenters. The Morgan fingerprint density at radius 1 is 1.50 bits per heavy atom. The maximum absolute atomic E-state index is 11.1. The second-order valence-corrected chi connectivity index (χ2v) is 3.75. The summed E-state index contributed by atoms with van der Waals surface area (Å²) < 4.78 is 4.60. The number of thiocarbonyl (C=S) groups is 1. The Bertz CT molecular complexity index is 407. The van der Waals surface area contributed by atoms with Crippen molar-refractivity contribution in [2.75, 3.05) is 25.6 Å². The lowest BCUT2D eigenvalue weighted by molar-refractivity contribution is -0.138. The van der Waals surface area contributed by atoms with Crippen LogP contribution in [0.4, 0.5) is 5.69 Å². The topological polar surface area (TPSA) is 55.6 Å². The Morgan fingerprint density at radius 3 is 2.69 bits per heavy atom. The van der Waals surface area contributed by atoms with E-state index in [4.69, 9.17) is 18.0 Å². The molecule has 4 nitrogen and oxygen atoms in total. The lowest BCUT2D eigenvalue weighted by atomic mass is 10.1. The highest BCUT2D eigenvalue weighted by atomic mass is 32.1. The van der Waals surface area contributed by atoms with Crippen molar-refractivity contribution in [3.8, 4) is 0 Å². The molecule has 16 heavy (non-hydrogen) atoms. The van der Waals surface area contributed by atoms with Gasteiger partial charge in [0.1, 0.15) is 11.5 Å². The zero-order chi connectivity index (χ0) is 12.1. The molecule has 2 N–H and O–H groups in total. The third kappa shape index (κ3) is 2.93. The van der Waals surface area contributed by atoms with Gasteiger partial charge in [0, 0.05) is 18.3 Å². The summed E-state index contributed by atoms with van der Waals surface area (Å²) in [6.07, 6.45) is 0. The summed E-state index contributed by atoms with van der Waals surface area (Å²) in [5.41, 5.74) is 7.18. The summed E-state index contributed by atoms with van der Waals surface area (Å²) in [4.78, 5) is 13.2. The van der Waals surface area contributed by atoms with Crippen LogP contribution in [0.2, 0.25) is 0 Å². The van der Waals surface area contributed by atoms with Gasteiger partial charge in [-0.25, -0.2) is 0 Å². The van der Waals surface area contributed by atoms with Gasteiger partial charge in [-0.3, -0.25) is 4.79 Å². The monoisotopic (exact) mass is 238 g/mol. The number of carbonyl (C=O) groups excluding carboxylic acids is 1. The van der Waals surface area contributed by atoms with E-state index in [9.17, 15) is 4.79 Å². The molecule has 0 fully saturated rings. The average molecular weight is 238 g/mol. The van der Waals surface area contributed by atoms with Crippen LogP contribution in [0, 0.1) is 0 Å². The first-order valence-corrected chi connectivity index (χ1v) is 5.14. The second-order valence-electron chi connectivity index (χ2n) is 3.31. The Balaban J connectivity index is 2.94. The normalized spacial score (nSPS) is 9.62. The largest absolute Gasteiger partial charge is 0.468 e. The molecule has 0 atom stereocenters. The predicted molar refractivity (Wildman–Crippen MR) is 67.6 cm³/mol. The zero-order valence-corrected chi connectivity index (χ0v) is 10.1. The third-order valence-corrected chi connectivity index (χ3v) is 2.39. The van der Waals surface area contributed by atoms with Crippen LogP contribution in [0.3, 0.4) is 0 Å². The van der Waals surface area contributed by atoms with E-state index in [-0.39, 0.29) is 12.5 Å². The van der Waals surface area contributed by atoms with Crippen molar-refractivity contribution in [2.45, 2.75) is 0 Å². The van der Waals surface area contributed by atoms with E-state index < -0.39 is 0 Å². The molecule has 0 saturated carbocycles. The van der Waals surface area contributed by atoms with Gasteiger partial charge in [0.15, 0.2) is 0 Å². The number of benzene rings is 1. The molecule has 5 heteroatoms. The van der Waals surface area contributed by atoms with Crippen LogP contribution in [-0.2, 0) is 9.53 Å². The van der Waals surface area contributed by atoms with Crippen molar-refractivity contribution in [1.82, 2.24) is 0 Å². The molecule has 0 radical (unpaired) electrons. The summed E-state index contributed by atoms with van der Waals surface area (Å²) in [6.45, 7) is 0.163. The first-order chi connectivity index (χ1) is 7.56. The van der Waals surface area contributed by atoms with Gasteiger partial charge in [-0.1, -0.05) is 24.4 Å². The van der Waals surface area contributed by atoms with Crippen molar-refractivity contribution < 1.29 is 9.53 Å². The number of ether oxygens (including phenoxy) is 1. The second kappa shape index (κ2) is 5.46. The number of nitrogens with two attached hydrogens (primary N) is 1. The number of hydrogen-bond acceptors (Lipinski definition) is 4. The molecule has 0 bridgehead atoms. The van der Waals surface area contributed by atoms with Crippen LogP contribution in [0.25, 0.3) is 0 Å². The molecular formula is C11H14N2O2S. The smallest absolute Gasteiger partial charge is 0.325 e. The van der Waals surface area contributed by atoms with E-state index in [1.54, 1.807) is 11.9 Å². The molecule has 0 aliphatic rings. The van der Waals surface area contributed by atoms with Gasteiger partial charge >= 0.3 is 5.97 Å². The number of hydrogen-bond donors (Lipinski definition) is 1. The van der Waals surface area contributed by atoms with Crippen molar-refractivity contribution >= 4 is 28.9 Å². The van der Waals surface area contributed by atoms with Gasteiger partial charge in [-0.05, 0) is 12.1 Å². The first kappa shape index (κ1) is 12.4. The summed E-state index contributed by atoms with van der Waals surface area (Å²) in [5.74, 6) is -0.305. The van der Waals surface area contributed by atoms with Gasteiger partial charge in [0.2, 0.25) is 0 Å². The Hall–Kier alpha value is -1.62.